The predicted molar refractivity (Wildman–Crippen MR) is 91.7 cm³/mol. The summed E-state index contributed by atoms with van der Waals surface area (Å²) >= 11 is 0. The molecule has 4 rings (SSSR count). The zero-order valence-electron chi connectivity index (χ0n) is 13.0. The van der Waals surface area contributed by atoms with Gasteiger partial charge in [-0.25, -0.2) is 0 Å². The van der Waals surface area contributed by atoms with Crippen molar-refractivity contribution in [3.05, 3.63) is 89.0 Å². The van der Waals surface area contributed by atoms with Crippen molar-refractivity contribution in [2.75, 3.05) is 7.11 Å². The zero-order valence-corrected chi connectivity index (χ0v) is 13.0. The highest BCUT2D eigenvalue weighted by atomic mass is 16.5. The molecule has 1 unspecified atom stereocenters. The summed E-state index contributed by atoms with van der Waals surface area (Å²) in [4.78, 5) is 0. The zero-order chi connectivity index (χ0) is 15.8. The Balaban J connectivity index is 1.66. The van der Waals surface area contributed by atoms with E-state index in [1.54, 1.807) is 7.11 Å². The Morgan fingerprint density at radius 1 is 0.826 bits per heavy atom. The van der Waals surface area contributed by atoms with Gasteiger partial charge in [0.05, 0.1) is 7.11 Å². The molecule has 0 bridgehead atoms. The summed E-state index contributed by atoms with van der Waals surface area (Å²) in [6.45, 7) is 0. The number of benzene rings is 3. The molecule has 1 N–H and O–H groups in total. The van der Waals surface area contributed by atoms with Gasteiger partial charge >= 0.3 is 0 Å². The lowest BCUT2D eigenvalue weighted by molar-refractivity contribution is 0.225. The molecule has 0 saturated carbocycles. The summed E-state index contributed by atoms with van der Waals surface area (Å²) in [5.74, 6) is 0.869. The number of ether oxygens (including phenoxy) is 1. The maximum atomic E-state index is 10.6. The third-order valence-corrected chi connectivity index (χ3v) is 4.52. The van der Waals surface area contributed by atoms with Crippen molar-refractivity contribution < 1.29 is 9.84 Å². The molecule has 0 radical (unpaired) electrons. The summed E-state index contributed by atoms with van der Waals surface area (Å²) in [7, 11) is 1.68. The first kappa shape index (κ1) is 14.0. The minimum absolute atomic E-state index is 0.517. The minimum Gasteiger partial charge on any atom is -0.497 e. The molecule has 0 fully saturated rings. The van der Waals surface area contributed by atoms with E-state index in [0.29, 0.717) is 0 Å². The van der Waals surface area contributed by atoms with Gasteiger partial charge in [0, 0.05) is 0 Å². The van der Waals surface area contributed by atoms with Crippen LogP contribution in [-0.2, 0) is 6.42 Å². The van der Waals surface area contributed by atoms with Crippen molar-refractivity contribution in [1.29, 1.82) is 0 Å². The van der Waals surface area contributed by atoms with E-state index in [2.05, 4.69) is 36.4 Å². The standard InChI is InChI=1S/C21H18O2/c1-23-16-9-6-14(7-10-16)12-15-8-11-18-17-4-2-3-5-19(17)21(22)20(18)13-15/h2-11,13,21-22H,12H2,1H3. The first-order chi connectivity index (χ1) is 11.3. The van der Waals surface area contributed by atoms with Gasteiger partial charge in [0.25, 0.3) is 0 Å². The third-order valence-electron chi connectivity index (χ3n) is 4.52. The second-order valence-corrected chi connectivity index (χ2v) is 5.94. The first-order valence-corrected chi connectivity index (χ1v) is 7.79. The summed E-state index contributed by atoms with van der Waals surface area (Å²) in [6.07, 6.45) is 0.331. The fraction of sp³-hybridized carbons (Fsp3) is 0.143. The number of rotatable bonds is 3. The number of hydrogen-bond acceptors (Lipinski definition) is 2. The van der Waals surface area contributed by atoms with Crippen LogP contribution in [0.3, 0.4) is 0 Å². The van der Waals surface area contributed by atoms with Gasteiger partial charge in [-0.1, -0.05) is 54.6 Å². The predicted octanol–water partition coefficient (Wildman–Crippen LogP) is 4.35. The van der Waals surface area contributed by atoms with Crippen LogP contribution in [0.1, 0.15) is 28.4 Å². The van der Waals surface area contributed by atoms with Crippen molar-refractivity contribution in [2.24, 2.45) is 0 Å². The number of methoxy groups -OCH3 is 1. The van der Waals surface area contributed by atoms with E-state index in [4.69, 9.17) is 4.74 Å². The van der Waals surface area contributed by atoms with Crippen LogP contribution in [0.15, 0.2) is 66.7 Å². The number of aliphatic hydroxyl groups excluding tert-OH is 1. The summed E-state index contributed by atoms with van der Waals surface area (Å²) < 4.78 is 5.20. The second kappa shape index (κ2) is 5.56. The van der Waals surface area contributed by atoms with Crippen molar-refractivity contribution in [3.63, 3.8) is 0 Å². The lowest BCUT2D eigenvalue weighted by Crippen LogP contribution is -1.96. The van der Waals surface area contributed by atoms with Crippen LogP contribution < -0.4 is 4.74 Å². The summed E-state index contributed by atoms with van der Waals surface area (Å²) in [5.41, 5.74) is 6.75. The lowest BCUT2D eigenvalue weighted by atomic mass is 9.99. The molecule has 1 aliphatic rings. The Bertz CT molecular complexity index is 850. The van der Waals surface area contributed by atoms with Crippen LogP contribution in [0.4, 0.5) is 0 Å². The molecule has 0 spiro atoms. The molecule has 2 heteroatoms. The third kappa shape index (κ3) is 2.41. The van der Waals surface area contributed by atoms with E-state index in [1.165, 1.54) is 11.1 Å². The Morgan fingerprint density at radius 2 is 1.52 bits per heavy atom. The molecule has 3 aromatic rings. The first-order valence-electron chi connectivity index (χ1n) is 7.79. The van der Waals surface area contributed by atoms with Crippen LogP contribution in [0, 0.1) is 0 Å². The highest BCUT2D eigenvalue weighted by Crippen LogP contribution is 2.43. The average Bonchev–Trinajstić information content (AvgIpc) is 2.89. The molecular formula is C21H18O2. The van der Waals surface area contributed by atoms with Gasteiger partial charge in [0.15, 0.2) is 0 Å². The van der Waals surface area contributed by atoms with Gasteiger partial charge in [-0.2, -0.15) is 0 Å². The minimum atomic E-state index is -0.517. The maximum Gasteiger partial charge on any atom is 0.118 e. The molecule has 1 aliphatic carbocycles. The van der Waals surface area contributed by atoms with Crippen molar-refractivity contribution in [2.45, 2.75) is 12.5 Å². The van der Waals surface area contributed by atoms with E-state index < -0.39 is 6.10 Å². The van der Waals surface area contributed by atoms with Crippen molar-refractivity contribution in [3.8, 4) is 16.9 Å². The van der Waals surface area contributed by atoms with Gasteiger partial charge in [-0.3, -0.25) is 0 Å². The van der Waals surface area contributed by atoms with Crippen molar-refractivity contribution in [1.82, 2.24) is 0 Å². The van der Waals surface area contributed by atoms with Crippen LogP contribution >= 0.6 is 0 Å². The quantitative estimate of drug-likeness (QED) is 0.779. The van der Waals surface area contributed by atoms with E-state index in [-0.39, 0.29) is 0 Å². The molecular weight excluding hydrogens is 284 g/mol. The van der Waals surface area contributed by atoms with E-state index in [0.717, 1.165) is 34.4 Å². The molecule has 0 saturated heterocycles. The second-order valence-electron chi connectivity index (χ2n) is 5.94. The highest BCUT2D eigenvalue weighted by molar-refractivity contribution is 5.78. The molecule has 2 nitrogen and oxygen atoms in total. The number of hydrogen-bond donors (Lipinski definition) is 1. The topological polar surface area (TPSA) is 29.5 Å². The van der Waals surface area contributed by atoms with Crippen LogP contribution in [0.25, 0.3) is 11.1 Å². The molecule has 3 aromatic carbocycles. The van der Waals surface area contributed by atoms with E-state index >= 15 is 0 Å². The SMILES string of the molecule is COc1ccc(Cc2ccc3c(c2)C(O)c2ccccc2-3)cc1. The lowest BCUT2D eigenvalue weighted by Gasteiger charge is -2.09. The Morgan fingerprint density at radius 3 is 2.30 bits per heavy atom. The van der Waals surface area contributed by atoms with Crippen LogP contribution in [-0.4, -0.2) is 12.2 Å². The van der Waals surface area contributed by atoms with Gasteiger partial charge in [0.1, 0.15) is 11.9 Å². The highest BCUT2D eigenvalue weighted by Gasteiger charge is 2.26. The molecule has 23 heavy (non-hydrogen) atoms. The Labute approximate surface area is 136 Å². The van der Waals surface area contributed by atoms with Gasteiger partial charge in [-0.15, -0.1) is 0 Å². The Kier molecular flexibility index (Phi) is 3.40. The fourth-order valence-electron chi connectivity index (χ4n) is 3.32. The summed E-state index contributed by atoms with van der Waals surface area (Å²) in [5, 5.41) is 10.6. The van der Waals surface area contributed by atoms with Gasteiger partial charge in [-0.05, 0) is 51.9 Å². The fourth-order valence-corrected chi connectivity index (χ4v) is 3.32. The smallest absolute Gasteiger partial charge is 0.118 e. The molecule has 1 atom stereocenters. The van der Waals surface area contributed by atoms with Crippen LogP contribution in [0.5, 0.6) is 5.75 Å². The molecule has 0 aromatic heterocycles. The van der Waals surface area contributed by atoms with E-state index in [9.17, 15) is 5.11 Å². The van der Waals surface area contributed by atoms with Gasteiger partial charge in [0.2, 0.25) is 0 Å². The van der Waals surface area contributed by atoms with E-state index in [1.807, 2.05) is 30.3 Å². The molecule has 0 heterocycles. The van der Waals surface area contributed by atoms with Crippen molar-refractivity contribution >= 4 is 0 Å². The number of fused-ring (bicyclic) bond motifs is 3. The Hall–Kier alpha value is -2.58. The van der Waals surface area contributed by atoms with Crippen LogP contribution in [0.2, 0.25) is 0 Å². The largest absolute Gasteiger partial charge is 0.497 e. The molecule has 0 aliphatic heterocycles. The summed E-state index contributed by atoms with van der Waals surface area (Å²) in [6, 6.07) is 22.6. The van der Waals surface area contributed by atoms with Gasteiger partial charge < -0.3 is 9.84 Å². The monoisotopic (exact) mass is 302 g/mol. The number of aliphatic hydroxyl groups is 1. The molecule has 0 amide bonds. The molecule has 114 valence electrons. The average molecular weight is 302 g/mol. The maximum absolute atomic E-state index is 10.6. The normalized spacial score (nSPS) is 15.1.